The van der Waals surface area contributed by atoms with E-state index in [1.807, 2.05) is 60.3 Å². The third-order valence-electron chi connectivity index (χ3n) is 7.30. The van der Waals surface area contributed by atoms with Crippen molar-refractivity contribution in [2.24, 2.45) is 0 Å². The van der Waals surface area contributed by atoms with Gasteiger partial charge in [-0.3, -0.25) is 0 Å². The van der Waals surface area contributed by atoms with Gasteiger partial charge in [0.05, 0.1) is 11.0 Å². The van der Waals surface area contributed by atoms with Crippen LogP contribution in [0.25, 0.3) is 67.0 Å². The number of halogens is 1. The predicted octanol–water partition coefficient (Wildman–Crippen LogP) is 9.53. The first kappa shape index (κ1) is 24.7. The van der Waals surface area contributed by atoms with Crippen LogP contribution in [-0.4, -0.2) is 11.8 Å². The number of hydrogen-bond donors (Lipinski definition) is 0. The molecule has 2 nitrogen and oxygen atoms in total. The van der Waals surface area contributed by atoms with Crippen molar-refractivity contribution in [1.82, 2.24) is 4.79 Å². The molecule has 0 radical (unpaired) electrons. The number of hydrogen-bond acceptors (Lipinski definition) is 1. The number of aromatic nitrogens is 1. The first-order valence-electron chi connectivity index (χ1n) is 12.6. The normalized spacial score (nSPS) is 11.4. The Balaban J connectivity index is 1.56. The van der Waals surface area contributed by atoms with E-state index in [1.165, 1.54) is 0 Å². The van der Waals surface area contributed by atoms with Crippen LogP contribution in [0.2, 0.25) is 0 Å². The van der Waals surface area contributed by atoms with E-state index in [0.29, 0.717) is 11.0 Å². The van der Waals surface area contributed by atoms with E-state index in [9.17, 15) is 0 Å². The van der Waals surface area contributed by atoms with Crippen LogP contribution in [0.5, 0.6) is 0 Å². The summed E-state index contributed by atoms with van der Waals surface area (Å²) in [4.78, 5) is 0.819. The number of nitrogens with zero attached hydrogens (tertiary/aromatic N) is 2. The quantitative estimate of drug-likeness (QED) is 0.161. The zero-order valence-electron chi connectivity index (χ0n) is 21.5. The molecular weight excluding hydrogens is 498 g/mol. The van der Waals surface area contributed by atoms with E-state index in [2.05, 4.69) is 70.4 Å². The number of terminal acetylenes is 1. The average molecular weight is 525 g/mol. The smallest absolute Gasteiger partial charge is 0.0911 e. The lowest BCUT2D eigenvalue weighted by Gasteiger charge is -2.13. The van der Waals surface area contributed by atoms with Gasteiger partial charge in [-0.2, -0.15) is 4.79 Å². The van der Waals surface area contributed by atoms with Gasteiger partial charge in [0.2, 0.25) is 0 Å². The number of anilines is 1. The molecule has 5 aromatic carbocycles. The summed E-state index contributed by atoms with van der Waals surface area (Å²) in [5.41, 5.74) is 8.19. The van der Waals surface area contributed by atoms with Gasteiger partial charge in [-0.15, -0.1) is 6.42 Å². The lowest BCUT2D eigenvalue weighted by Crippen LogP contribution is -1.98. The molecule has 0 N–H and O–H groups in total. The van der Waals surface area contributed by atoms with E-state index in [4.69, 9.17) is 6.42 Å². The zero-order chi connectivity index (χ0) is 27.1. The van der Waals surface area contributed by atoms with Gasteiger partial charge in [-0.1, -0.05) is 89.8 Å². The minimum atomic E-state index is 0.520. The van der Waals surface area contributed by atoms with Crippen LogP contribution < -0.4 is 4.67 Å². The second-order valence-electron chi connectivity index (χ2n) is 9.55. The molecule has 0 fully saturated rings. The van der Waals surface area contributed by atoms with Gasteiger partial charge < -0.3 is 4.67 Å². The minimum Gasteiger partial charge on any atom is -0.359 e. The predicted molar refractivity (Wildman–Crippen MR) is 170 cm³/mol. The maximum absolute atomic E-state index is 16.2. The summed E-state index contributed by atoms with van der Waals surface area (Å²) in [6.45, 7) is 4.07. The molecule has 0 spiro atoms. The molecule has 0 saturated heterocycles. The Morgan fingerprint density at radius 3 is 2.18 bits per heavy atom. The number of benzene rings is 5. The first-order chi connectivity index (χ1) is 19.0. The first-order valence-corrected chi connectivity index (χ1v) is 13.2. The molecule has 1 atom stereocenters. The van der Waals surface area contributed by atoms with Gasteiger partial charge in [-0.25, -0.2) is 0 Å². The van der Waals surface area contributed by atoms with Crippen LogP contribution in [0.1, 0.15) is 11.1 Å². The monoisotopic (exact) mass is 524 g/mol. The van der Waals surface area contributed by atoms with Gasteiger partial charge in [0.1, 0.15) is 0 Å². The van der Waals surface area contributed by atoms with E-state index >= 15 is 4.48 Å². The number of rotatable bonds is 5. The molecule has 0 aliphatic heterocycles. The fraction of sp³-hybridized carbons (Fsp3) is 0.0286. The topological polar surface area (TPSA) is 8.17 Å². The van der Waals surface area contributed by atoms with Gasteiger partial charge >= 0.3 is 0 Å². The Bertz CT molecular complexity index is 1970. The van der Waals surface area contributed by atoms with E-state index in [1.54, 1.807) is 12.2 Å². The molecular formula is C35H26FN2P. The lowest BCUT2D eigenvalue weighted by atomic mass is 9.93. The van der Waals surface area contributed by atoms with Crippen LogP contribution in [0, 0.1) is 12.3 Å². The molecule has 39 heavy (non-hydrogen) atoms. The fourth-order valence-corrected chi connectivity index (χ4v) is 5.61. The highest BCUT2D eigenvalue weighted by molar-refractivity contribution is 7.19. The third-order valence-corrected chi connectivity index (χ3v) is 7.60. The van der Waals surface area contributed by atoms with E-state index in [-0.39, 0.29) is 0 Å². The summed E-state index contributed by atoms with van der Waals surface area (Å²) < 4.78 is 18.2. The SMILES string of the molecule is C#C/C=C\c1c(C=C)c2c3ccc(-c4cccc(-c5ccc(N(C)P)cc5)c4)cc3n(F)c2c2ccccc12. The molecule has 6 aromatic rings. The summed E-state index contributed by atoms with van der Waals surface area (Å²) in [6.07, 6.45) is 10.9. The van der Waals surface area contributed by atoms with Gasteiger partial charge in [0.25, 0.3) is 0 Å². The average Bonchev–Trinajstić information content (AvgIpc) is 3.27. The van der Waals surface area contributed by atoms with Crippen LogP contribution in [0.15, 0.2) is 104 Å². The Kier molecular flexibility index (Phi) is 6.27. The maximum atomic E-state index is 16.2. The van der Waals surface area contributed by atoms with Crippen molar-refractivity contribution in [1.29, 1.82) is 0 Å². The maximum Gasteiger partial charge on any atom is 0.0911 e. The third kappa shape index (κ3) is 4.11. The van der Waals surface area contributed by atoms with E-state index < -0.39 is 0 Å². The Morgan fingerprint density at radius 1 is 0.821 bits per heavy atom. The summed E-state index contributed by atoms with van der Waals surface area (Å²) in [5.74, 6) is 2.57. The molecule has 4 heteroatoms. The summed E-state index contributed by atoms with van der Waals surface area (Å²) >= 11 is 0. The van der Waals surface area contributed by atoms with Gasteiger partial charge in [0.15, 0.2) is 0 Å². The summed E-state index contributed by atoms with van der Waals surface area (Å²) in [5, 5.41) is 3.43. The standard InChI is InChI=1S/C35H26FN2P/c1-4-6-12-29-28(5-2)34-32-20-17-26(22-33(32)38(36)35(34)31-14-8-7-13-30(29)31)25-11-9-10-24(21-25)23-15-18-27(19-16-23)37(3)39/h1,5-22H,2,39H2,3H3/b12-6-. The van der Waals surface area contributed by atoms with Gasteiger partial charge in [-0.05, 0) is 84.6 Å². The van der Waals surface area contributed by atoms with Crippen molar-refractivity contribution in [3.05, 3.63) is 115 Å². The van der Waals surface area contributed by atoms with Crippen molar-refractivity contribution in [3.63, 3.8) is 0 Å². The second kappa shape index (κ2) is 9.91. The largest absolute Gasteiger partial charge is 0.359 e. The molecule has 0 saturated carbocycles. The Morgan fingerprint density at radius 2 is 1.49 bits per heavy atom. The summed E-state index contributed by atoms with van der Waals surface area (Å²) in [7, 11) is 4.67. The second-order valence-corrected chi connectivity index (χ2v) is 10.3. The lowest BCUT2D eigenvalue weighted by molar-refractivity contribution is 0.406. The molecule has 1 heterocycles. The van der Waals surface area contributed by atoms with Crippen molar-refractivity contribution in [2.75, 3.05) is 11.7 Å². The van der Waals surface area contributed by atoms with E-state index in [0.717, 1.165) is 65.4 Å². The van der Waals surface area contributed by atoms with Crippen molar-refractivity contribution >= 4 is 59.8 Å². The molecule has 1 aromatic heterocycles. The van der Waals surface area contributed by atoms with Gasteiger partial charge in [0, 0.05) is 28.9 Å². The summed E-state index contributed by atoms with van der Waals surface area (Å²) in [6, 6.07) is 30.6. The van der Waals surface area contributed by atoms with Crippen LogP contribution in [0.4, 0.5) is 10.2 Å². The molecule has 0 aliphatic carbocycles. The van der Waals surface area contributed by atoms with Crippen molar-refractivity contribution in [3.8, 4) is 34.6 Å². The number of fused-ring (bicyclic) bond motifs is 5. The molecule has 6 rings (SSSR count). The molecule has 0 aliphatic rings. The van der Waals surface area contributed by atoms with Crippen LogP contribution in [0.3, 0.4) is 0 Å². The highest BCUT2D eigenvalue weighted by Crippen LogP contribution is 2.42. The minimum absolute atomic E-state index is 0.520. The molecule has 0 bridgehead atoms. The molecule has 1 unspecified atom stereocenters. The molecule has 188 valence electrons. The fourth-order valence-electron chi connectivity index (χ4n) is 5.44. The highest BCUT2D eigenvalue weighted by Gasteiger charge is 2.20. The number of allylic oxidation sites excluding steroid dienone is 1. The molecule has 0 amide bonds. The van der Waals surface area contributed by atoms with Crippen molar-refractivity contribution in [2.45, 2.75) is 0 Å². The Hall–Kier alpha value is -4.64. The zero-order valence-corrected chi connectivity index (χ0v) is 22.7. The van der Waals surface area contributed by atoms with Crippen LogP contribution in [-0.2, 0) is 0 Å². The highest BCUT2D eigenvalue weighted by atomic mass is 31.0. The Labute approximate surface area is 229 Å². The van der Waals surface area contributed by atoms with Crippen LogP contribution >= 0.6 is 9.39 Å². The van der Waals surface area contributed by atoms with Crippen molar-refractivity contribution < 1.29 is 4.48 Å².